The van der Waals surface area contributed by atoms with Crippen molar-refractivity contribution in [2.24, 2.45) is 4.99 Å². The van der Waals surface area contributed by atoms with Crippen LogP contribution in [0, 0.1) is 0 Å². The first-order valence-electron chi connectivity index (χ1n) is 4.65. The van der Waals surface area contributed by atoms with Gasteiger partial charge in [-0.25, -0.2) is 9.79 Å². The zero-order chi connectivity index (χ0) is 9.52. The van der Waals surface area contributed by atoms with E-state index in [0.717, 1.165) is 31.4 Å². The quantitative estimate of drug-likeness (QED) is 0.377. The minimum atomic E-state index is 0.295. The zero-order valence-electron chi connectivity index (χ0n) is 7.79. The van der Waals surface area contributed by atoms with Crippen molar-refractivity contribution in [1.82, 2.24) is 0 Å². The first-order chi connectivity index (χ1) is 6.33. The molecule has 0 amide bonds. The lowest BCUT2D eigenvalue weighted by Gasteiger charge is -2.22. The highest BCUT2D eigenvalue weighted by Crippen LogP contribution is 2.18. The number of hydrogen-bond acceptors (Lipinski definition) is 3. The van der Waals surface area contributed by atoms with Gasteiger partial charge in [-0.1, -0.05) is 12.2 Å². The molecule has 1 rings (SSSR count). The summed E-state index contributed by atoms with van der Waals surface area (Å²) >= 11 is 0. The molecule has 0 aromatic heterocycles. The number of carbonyl (C=O) groups excluding carboxylic acids is 1. The van der Waals surface area contributed by atoms with E-state index in [0.29, 0.717) is 12.6 Å². The second-order valence-electron chi connectivity index (χ2n) is 3.35. The molecule has 0 bridgehead atoms. The van der Waals surface area contributed by atoms with Crippen molar-refractivity contribution in [3.63, 3.8) is 0 Å². The van der Waals surface area contributed by atoms with Crippen molar-refractivity contribution in [1.29, 1.82) is 0 Å². The monoisotopic (exact) mass is 181 g/mol. The molecule has 0 aliphatic carbocycles. The van der Waals surface area contributed by atoms with Gasteiger partial charge in [0, 0.05) is 6.61 Å². The molecule has 0 radical (unpaired) electrons. The van der Waals surface area contributed by atoms with E-state index < -0.39 is 0 Å². The molecule has 0 aromatic rings. The van der Waals surface area contributed by atoms with E-state index in [9.17, 15) is 4.79 Å². The summed E-state index contributed by atoms with van der Waals surface area (Å²) in [5, 5.41) is 0. The standard InChI is InChI=1S/C10H15NO2/c1-9(7-11-8-12)6-10-4-2-3-5-13-10/h10H,1-7H2. The van der Waals surface area contributed by atoms with Crippen LogP contribution in [0.4, 0.5) is 0 Å². The Morgan fingerprint density at radius 3 is 3.08 bits per heavy atom. The van der Waals surface area contributed by atoms with Gasteiger partial charge in [-0.2, -0.15) is 0 Å². The van der Waals surface area contributed by atoms with Gasteiger partial charge in [0.25, 0.3) is 0 Å². The van der Waals surface area contributed by atoms with Gasteiger partial charge in [-0.05, 0) is 25.7 Å². The van der Waals surface area contributed by atoms with Gasteiger partial charge in [0.05, 0.1) is 12.6 Å². The lowest BCUT2D eigenvalue weighted by Crippen LogP contribution is -2.19. The summed E-state index contributed by atoms with van der Waals surface area (Å²) < 4.78 is 5.53. The fourth-order valence-electron chi connectivity index (χ4n) is 1.50. The maximum atomic E-state index is 9.84. The molecular weight excluding hydrogens is 166 g/mol. The highest BCUT2D eigenvalue weighted by Gasteiger charge is 2.14. The van der Waals surface area contributed by atoms with E-state index in [4.69, 9.17) is 4.74 Å². The molecular formula is C10H15NO2. The maximum absolute atomic E-state index is 9.84. The Balaban J connectivity index is 2.21. The number of nitrogens with zero attached hydrogens (tertiary/aromatic N) is 1. The minimum absolute atomic E-state index is 0.295. The van der Waals surface area contributed by atoms with E-state index in [2.05, 4.69) is 11.6 Å². The highest BCUT2D eigenvalue weighted by molar-refractivity contribution is 5.33. The highest BCUT2D eigenvalue weighted by atomic mass is 16.5. The Bertz CT molecular complexity index is 213. The average molecular weight is 181 g/mol. The number of rotatable bonds is 4. The number of hydrogen-bond donors (Lipinski definition) is 0. The lowest BCUT2D eigenvalue weighted by atomic mass is 10.0. The number of aliphatic imine (C=N–C) groups is 1. The summed E-state index contributed by atoms with van der Waals surface area (Å²) in [7, 11) is 0. The van der Waals surface area contributed by atoms with Gasteiger partial charge < -0.3 is 4.74 Å². The third-order valence-electron chi connectivity index (χ3n) is 2.16. The van der Waals surface area contributed by atoms with E-state index in [1.54, 1.807) is 0 Å². The van der Waals surface area contributed by atoms with Crippen LogP contribution in [-0.2, 0) is 9.53 Å². The third-order valence-corrected chi connectivity index (χ3v) is 2.16. The first-order valence-corrected chi connectivity index (χ1v) is 4.65. The Labute approximate surface area is 78.5 Å². The van der Waals surface area contributed by atoms with E-state index in [1.807, 2.05) is 0 Å². The largest absolute Gasteiger partial charge is 0.378 e. The maximum Gasteiger partial charge on any atom is 0.235 e. The molecule has 3 nitrogen and oxygen atoms in total. The van der Waals surface area contributed by atoms with Crippen LogP contribution in [0.2, 0.25) is 0 Å². The molecule has 1 saturated heterocycles. The summed E-state index contributed by atoms with van der Waals surface area (Å²) in [5.41, 5.74) is 0.954. The van der Waals surface area contributed by atoms with Crippen LogP contribution in [0.3, 0.4) is 0 Å². The molecule has 72 valence electrons. The number of isocyanates is 1. The molecule has 1 fully saturated rings. The minimum Gasteiger partial charge on any atom is -0.378 e. The molecule has 1 atom stereocenters. The van der Waals surface area contributed by atoms with Crippen molar-refractivity contribution in [2.45, 2.75) is 31.8 Å². The molecule has 1 heterocycles. The van der Waals surface area contributed by atoms with Crippen LogP contribution in [0.5, 0.6) is 0 Å². The van der Waals surface area contributed by atoms with Crippen LogP contribution in [0.25, 0.3) is 0 Å². The molecule has 3 heteroatoms. The molecule has 13 heavy (non-hydrogen) atoms. The predicted octanol–water partition coefficient (Wildman–Crippen LogP) is 1.84. The van der Waals surface area contributed by atoms with Crippen molar-refractivity contribution in [3.8, 4) is 0 Å². The molecule has 1 unspecified atom stereocenters. The predicted molar refractivity (Wildman–Crippen MR) is 50.3 cm³/mol. The fraction of sp³-hybridized carbons (Fsp3) is 0.700. The fourth-order valence-corrected chi connectivity index (χ4v) is 1.50. The normalized spacial score (nSPS) is 22.0. The van der Waals surface area contributed by atoms with Crippen LogP contribution in [0.15, 0.2) is 17.1 Å². The van der Waals surface area contributed by atoms with Gasteiger partial charge >= 0.3 is 0 Å². The van der Waals surface area contributed by atoms with E-state index in [1.165, 1.54) is 12.5 Å². The van der Waals surface area contributed by atoms with Crippen molar-refractivity contribution in [2.75, 3.05) is 13.2 Å². The summed E-state index contributed by atoms with van der Waals surface area (Å²) in [5.74, 6) is 0. The lowest BCUT2D eigenvalue weighted by molar-refractivity contribution is 0.0167. The van der Waals surface area contributed by atoms with Crippen LogP contribution < -0.4 is 0 Å². The summed E-state index contributed by atoms with van der Waals surface area (Å²) in [6, 6.07) is 0. The molecule has 1 aliphatic heterocycles. The Hall–Kier alpha value is -0.920. The zero-order valence-corrected chi connectivity index (χ0v) is 7.79. The smallest absolute Gasteiger partial charge is 0.235 e. The first kappa shape index (κ1) is 10.2. The van der Waals surface area contributed by atoms with Crippen LogP contribution >= 0.6 is 0 Å². The average Bonchev–Trinajstić information content (AvgIpc) is 2.16. The Morgan fingerprint density at radius 1 is 1.62 bits per heavy atom. The van der Waals surface area contributed by atoms with Gasteiger partial charge in [0.15, 0.2) is 0 Å². The van der Waals surface area contributed by atoms with E-state index >= 15 is 0 Å². The van der Waals surface area contributed by atoms with Gasteiger partial charge in [0.1, 0.15) is 0 Å². The molecule has 0 saturated carbocycles. The Kier molecular flexibility index (Phi) is 4.44. The molecule has 0 N–H and O–H groups in total. The van der Waals surface area contributed by atoms with Crippen molar-refractivity contribution >= 4 is 6.08 Å². The SMILES string of the molecule is C=C(CN=C=O)CC1CCCCO1. The van der Waals surface area contributed by atoms with E-state index in [-0.39, 0.29) is 0 Å². The van der Waals surface area contributed by atoms with Gasteiger partial charge in [-0.3, -0.25) is 0 Å². The molecule has 1 aliphatic rings. The summed E-state index contributed by atoms with van der Waals surface area (Å²) in [6.45, 7) is 5.08. The van der Waals surface area contributed by atoms with Gasteiger partial charge in [0.2, 0.25) is 6.08 Å². The second-order valence-corrected chi connectivity index (χ2v) is 3.35. The molecule has 0 spiro atoms. The summed E-state index contributed by atoms with van der Waals surface area (Å²) in [4.78, 5) is 13.3. The van der Waals surface area contributed by atoms with Crippen LogP contribution in [-0.4, -0.2) is 25.3 Å². The second kappa shape index (κ2) is 5.68. The van der Waals surface area contributed by atoms with Crippen molar-refractivity contribution < 1.29 is 9.53 Å². The van der Waals surface area contributed by atoms with Crippen molar-refractivity contribution in [3.05, 3.63) is 12.2 Å². The van der Waals surface area contributed by atoms with Gasteiger partial charge in [-0.15, -0.1) is 0 Å². The Morgan fingerprint density at radius 2 is 2.46 bits per heavy atom. The molecule has 0 aromatic carbocycles. The topological polar surface area (TPSA) is 38.7 Å². The number of ether oxygens (including phenoxy) is 1. The van der Waals surface area contributed by atoms with Crippen LogP contribution in [0.1, 0.15) is 25.7 Å². The summed E-state index contributed by atoms with van der Waals surface area (Å²) in [6.07, 6.45) is 6.12. The third kappa shape index (κ3) is 4.02.